The molecule has 1 amide bonds. The van der Waals surface area contributed by atoms with Gasteiger partial charge in [0, 0.05) is 31.1 Å². The molecule has 1 aliphatic carbocycles. The molecule has 0 bridgehead atoms. The molecule has 1 saturated carbocycles. The van der Waals surface area contributed by atoms with Crippen LogP contribution in [0.2, 0.25) is 0 Å². The van der Waals surface area contributed by atoms with Gasteiger partial charge in [0.2, 0.25) is 0 Å². The molecule has 0 radical (unpaired) electrons. The van der Waals surface area contributed by atoms with Crippen LogP contribution in [0.1, 0.15) is 23.2 Å². The molecule has 1 atom stereocenters. The fourth-order valence-electron chi connectivity index (χ4n) is 2.21. The van der Waals surface area contributed by atoms with Crippen LogP contribution < -0.4 is 5.32 Å². The molecule has 1 unspecified atom stereocenters. The smallest absolute Gasteiger partial charge is 0.251 e. The van der Waals surface area contributed by atoms with Crippen molar-refractivity contribution in [1.82, 2.24) is 15.1 Å². The van der Waals surface area contributed by atoms with E-state index in [1.54, 1.807) is 23.0 Å². The standard InChI is InChI=1S/C17H21N3O3/c21-16(12-23-11-13-2-3-13)10-18-17(22)14-4-6-15(7-5-14)20-9-1-8-19-20/h1,4-9,13,16,21H,2-3,10-12H2,(H,18,22). The molecule has 2 aromatic rings. The van der Waals surface area contributed by atoms with Crippen molar-refractivity contribution in [3.8, 4) is 5.69 Å². The highest BCUT2D eigenvalue weighted by atomic mass is 16.5. The summed E-state index contributed by atoms with van der Waals surface area (Å²) in [6, 6.07) is 8.98. The minimum atomic E-state index is -0.680. The summed E-state index contributed by atoms with van der Waals surface area (Å²) in [6.45, 7) is 1.15. The molecule has 0 spiro atoms. The number of aliphatic hydroxyl groups excluding tert-OH is 1. The van der Waals surface area contributed by atoms with Crippen LogP contribution in [0.5, 0.6) is 0 Å². The van der Waals surface area contributed by atoms with E-state index in [0.29, 0.717) is 18.1 Å². The summed E-state index contributed by atoms with van der Waals surface area (Å²) in [4.78, 5) is 12.1. The first-order valence-corrected chi connectivity index (χ1v) is 7.86. The number of benzene rings is 1. The number of nitrogens with one attached hydrogen (secondary N) is 1. The van der Waals surface area contributed by atoms with Crippen molar-refractivity contribution in [3.63, 3.8) is 0 Å². The molecule has 2 N–H and O–H groups in total. The minimum absolute atomic E-state index is 0.185. The van der Waals surface area contributed by atoms with Gasteiger partial charge in [0.05, 0.1) is 18.4 Å². The zero-order chi connectivity index (χ0) is 16.1. The zero-order valence-electron chi connectivity index (χ0n) is 12.9. The number of carbonyl (C=O) groups excluding carboxylic acids is 1. The SMILES string of the molecule is O=C(NCC(O)COCC1CC1)c1ccc(-n2cccn2)cc1. The van der Waals surface area contributed by atoms with Crippen LogP contribution in [0.4, 0.5) is 0 Å². The highest BCUT2D eigenvalue weighted by Crippen LogP contribution is 2.28. The van der Waals surface area contributed by atoms with Crippen molar-refractivity contribution in [2.75, 3.05) is 19.8 Å². The van der Waals surface area contributed by atoms with Crippen molar-refractivity contribution in [3.05, 3.63) is 48.3 Å². The summed E-state index contributed by atoms with van der Waals surface area (Å²) < 4.78 is 7.13. The van der Waals surface area contributed by atoms with Gasteiger partial charge < -0.3 is 15.2 Å². The summed E-state index contributed by atoms with van der Waals surface area (Å²) in [7, 11) is 0. The molecule has 0 saturated heterocycles. The number of hydrogen-bond donors (Lipinski definition) is 2. The van der Waals surface area contributed by atoms with Gasteiger partial charge in [-0.1, -0.05) is 0 Å². The normalized spacial score (nSPS) is 15.3. The monoisotopic (exact) mass is 315 g/mol. The third-order valence-corrected chi connectivity index (χ3v) is 3.76. The van der Waals surface area contributed by atoms with Crippen LogP contribution >= 0.6 is 0 Å². The second-order valence-corrected chi connectivity index (χ2v) is 5.84. The van der Waals surface area contributed by atoms with Crippen LogP contribution in [0.25, 0.3) is 5.69 Å². The molecule has 6 heteroatoms. The Kier molecular flexibility index (Phi) is 5.05. The van der Waals surface area contributed by atoms with Gasteiger partial charge in [0.25, 0.3) is 5.91 Å². The lowest BCUT2D eigenvalue weighted by Gasteiger charge is -2.12. The van der Waals surface area contributed by atoms with Gasteiger partial charge in [0.15, 0.2) is 0 Å². The molecule has 3 rings (SSSR count). The summed E-state index contributed by atoms with van der Waals surface area (Å²) in [6.07, 6.45) is 5.31. The lowest BCUT2D eigenvalue weighted by molar-refractivity contribution is 0.0320. The number of hydrogen-bond acceptors (Lipinski definition) is 4. The summed E-state index contributed by atoms with van der Waals surface area (Å²) >= 11 is 0. The highest BCUT2D eigenvalue weighted by Gasteiger charge is 2.21. The highest BCUT2D eigenvalue weighted by molar-refractivity contribution is 5.94. The average molecular weight is 315 g/mol. The summed E-state index contributed by atoms with van der Waals surface area (Å²) in [5.41, 5.74) is 1.44. The first kappa shape index (κ1) is 15.7. The quantitative estimate of drug-likeness (QED) is 0.772. The van der Waals surface area contributed by atoms with Gasteiger partial charge in [-0.05, 0) is 49.1 Å². The molecular formula is C17H21N3O3. The maximum atomic E-state index is 12.1. The minimum Gasteiger partial charge on any atom is -0.389 e. The predicted octanol–water partition coefficient (Wildman–Crippen LogP) is 1.39. The lowest BCUT2D eigenvalue weighted by atomic mass is 10.2. The van der Waals surface area contributed by atoms with Crippen LogP contribution in [-0.4, -0.2) is 46.7 Å². The predicted molar refractivity (Wildman–Crippen MR) is 85.4 cm³/mol. The molecule has 1 fully saturated rings. The number of ether oxygens (including phenoxy) is 1. The van der Waals surface area contributed by atoms with Crippen molar-refractivity contribution >= 4 is 5.91 Å². The van der Waals surface area contributed by atoms with E-state index in [1.165, 1.54) is 12.8 Å². The number of rotatable bonds is 8. The molecule has 122 valence electrons. The molecule has 1 aliphatic rings. The zero-order valence-corrected chi connectivity index (χ0v) is 12.9. The van der Waals surface area contributed by atoms with E-state index in [2.05, 4.69) is 10.4 Å². The van der Waals surface area contributed by atoms with E-state index in [1.807, 2.05) is 24.4 Å². The Hall–Kier alpha value is -2.18. The summed E-state index contributed by atoms with van der Waals surface area (Å²) in [5.74, 6) is 0.461. The number of amides is 1. The van der Waals surface area contributed by atoms with Gasteiger partial charge in [0.1, 0.15) is 0 Å². The Morgan fingerprint density at radius 2 is 2.17 bits per heavy atom. The topological polar surface area (TPSA) is 76.4 Å². The molecule has 1 aromatic heterocycles. The van der Waals surface area contributed by atoms with E-state index in [0.717, 1.165) is 5.69 Å². The molecular weight excluding hydrogens is 294 g/mol. The fourth-order valence-corrected chi connectivity index (χ4v) is 2.21. The largest absolute Gasteiger partial charge is 0.389 e. The summed E-state index contributed by atoms with van der Waals surface area (Å²) in [5, 5.41) is 16.6. The Labute approximate surface area is 135 Å². The molecule has 1 aromatic carbocycles. The van der Waals surface area contributed by atoms with Crippen LogP contribution in [-0.2, 0) is 4.74 Å². The third-order valence-electron chi connectivity index (χ3n) is 3.76. The Morgan fingerprint density at radius 1 is 1.39 bits per heavy atom. The van der Waals surface area contributed by atoms with Gasteiger partial charge >= 0.3 is 0 Å². The second kappa shape index (κ2) is 7.39. The molecule has 23 heavy (non-hydrogen) atoms. The van der Waals surface area contributed by atoms with Crippen LogP contribution in [0.3, 0.4) is 0 Å². The van der Waals surface area contributed by atoms with Crippen LogP contribution in [0, 0.1) is 5.92 Å². The maximum Gasteiger partial charge on any atom is 0.251 e. The van der Waals surface area contributed by atoms with E-state index in [4.69, 9.17) is 4.74 Å². The van der Waals surface area contributed by atoms with Crippen molar-refractivity contribution in [2.45, 2.75) is 18.9 Å². The van der Waals surface area contributed by atoms with Gasteiger partial charge in [-0.25, -0.2) is 4.68 Å². The Bertz CT molecular complexity index is 621. The molecule has 0 aliphatic heterocycles. The number of aliphatic hydroxyl groups is 1. The van der Waals surface area contributed by atoms with E-state index in [-0.39, 0.29) is 19.1 Å². The Balaban J connectivity index is 1.44. The Morgan fingerprint density at radius 3 is 2.83 bits per heavy atom. The first-order valence-electron chi connectivity index (χ1n) is 7.86. The second-order valence-electron chi connectivity index (χ2n) is 5.84. The van der Waals surface area contributed by atoms with Crippen molar-refractivity contribution < 1.29 is 14.6 Å². The van der Waals surface area contributed by atoms with Gasteiger partial charge in [-0.3, -0.25) is 4.79 Å². The fraction of sp³-hybridized carbons (Fsp3) is 0.412. The van der Waals surface area contributed by atoms with Gasteiger partial charge in [-0.2, -0.15) is 5.10 Å². The number of carbonyl (C=O) groups is 1. The van der Waals surface area contributed by atoms with E-state index >= 15 is 0 Å². The number of aromatic nitrogens is 2. The first-order chi connectivity index (χ1) is 11.2. The van der Waals surface area contributed by atoms with Gasteiger partial charge in [-0.15, -0.1) is 0 Å². The number of nitrogens with zero attached hydrogens (tertiary/aromatic N) is 2. The maximum absolute atomic E-state index is 12.1. The van der Waals surface area contributed by atoms with E-state index in [9.17, 15) is 9.90 Å². The third kappa shape index (κ3) is 4.64. The lowest BCUT2D eigenvalue weighted by Crippen LogP contribution is -2.34. The van der Waals surface area contributed by atoms with Crippen LogP contribution in [0.15, 0.2) is 42.7 Å². The van der Waals surface area contributed by atoms with Crippen molar-refractivity contribution in [1.29, 1.82) is 0 Å². The van der Waals surface area contributed by atoms with Crippen molar-refractivity contribution in [2.24, 2.45) is 5.92 Å². The molecule has 6 nitrogen and oxygen atoms in total. The molecule has 1 heterocycles. The van der Waals surface area contributed by atoms with E-state index < -0.39 is 6.10 Å². The average Bonchev–Trinajstić information content (AvgIpc) is 3.23.